The molecule has 9 heteroatoms. The van der Waals surface area contributed by atoms with Gasteiger partial charge in [0.1, 0.15) is 0 Å². The van der Waals surface area contributed by atoms with E-state index in [-0.39, 0.29) is 10.9 Å². The summed E-state index contributed by atoms with van der Waals surface area (Å²) in [4.78, 5) is 16.6. The van der Waals surface area contributed by atoms with Crippen LogP contribution in [0.1, 0.15) is 21.5 Å². The molecule has 0 spiro atoms. The number of alkyl halides is 3. The Kier molecular flexibility index (Phi) is 6.77. The maximum absolute atomic E-state index is 12.9. The van der Waals surface area contributed by atoms with Crippen molar-refractivity contribution in [3.63, 3.8) is 0 Å². The maximum atomic E-state index is 12.9. The number of piperazine rings is 1. The molecule has 2 aromatic rings. The molecule has 0 saturated carbocycles. The average Bonchev–Trinajstić information content (AvgIpc) is 2.72. The Morgan fingerprint density at radius 3 is 2.37 bits per heavy atom. The molecule has 1 amide bonds. The highest BCUT2D eigenvalue weighted by molar-refractivity contribution is 6.32. The van der Waals surface area contributed by atoms with E-state index < -0.39 is 11.7 Å². The van der Waals surface area contributed by atoms with Gasteiger partial charge in [0.2, 0.25) is 0 Å². The van der Waals surface area contributed by atoms with Crippen molar-refractivity contribution in [3.05, 3.63) is 58.1 Å². The van der Waals surface area contributed by atoms with Crippen LogP contribution in [-0.4, -0.2) is 56.1 Å². The molecule has 1 fully saturated rings. The second-order valence-electron chi connectivity index (χ2n) is 6.96. The van der Waals surface area contributed by atoms with Crippen LogP contribution >= 0.6 is 11.6 Å². The first kappa shape index (κ1) is 22.2. The summed E-state index contributed by atoms with van der Waals surface area (Å²) in [5, 5.41) is 0.281. The summed E-state index contributed by atoms with van der Waals surface area (Å²) in [6.45, 7) is 2.44. The van der Waals surface area contributed by atoms with Gasteiger partial charge >= 0.3 is 6.18 Å². The fraction of sp³-hybridized carbons (Fsp3) is 0.381. The molecule has 0 bridgehead atoms. The first-order valence-electron chi connectivity index (χ1n) is 9.32. The van der Waals surface area contributed by atoms with E-state index in [4.69, 9.17) is 21.1 Å². The lowest BCUT2D eigenvalue weighted by Gasteiger charge is -2.35. The smallest absolute Gasteiger partial charge is 0.416 e. The Morgan fingerprint density at radius 2 is 1.77 bits per heavy atom. The van der Waals surface area contributed by atoms with Crippen molar-refractivity contribution in [2.75, 3.05) is 40.4 Å². The maximum Gasteiger partial charge on any atom is 0.416 e. The van der Waals surface area contributed by atoms with Crippen LogP contribution in [0.5, 0.6) is 11.5 Å². The predicted molar refractivity (Wildman–Crippen MR) is 107 cm³/mol. The van der Waals surface area contributed by atoms with Crippen molar-refractivity contribution < 1.29 is 27.4 Å². The molecule has 0 aromatic heterocycles. The third-order valence-corrected chi connectivity index (χ3v) is 5.28. The quantitative estimate of drug-likeness (QED) is 0.691. The van der Waals surface area contributed by atoms with Gasteiger partial charge in [-0.2, -0.15) is 13.2 Å². The SMILES string of the molecule is COc1cc(C(=O)N2CCN(Cc3cccc(C(F)(F)F)c3)CC2)cc(Cl)c1OC. The van der Waals surface area contributed by atoms with Gasteiger partial charge < -0.3 is 14.4 Å². The number of hydrogen-bond donors (Lipinski definition) is 0. The van der Waals surface area contributed by atoms with E-state index >= 15 is 0 Å². The first-order valence-corrected chi connectivity index (χ1v) is 9.70. The molecule has 1 aliphatic rings. The van der Waals surface area contributed by atoms with E-state index in [1.165, 1.54) is 26.4 Å². The number of benzene rings is 2. The van der Waals surface area contributed by atoms with Crippen LogP contribution in [0, 0.1) is 0 Å². The summed E-state index contributed by atoms with van der Waals surface area (Å²) in [7, 11) is 2.93. The summed E-state index contributed by atoms with van der Waals surface area (Å²) in [5.74, 6) is 0.551. The molecule has 0 aliphatic carbocycles. The molecular weight excluding hydrogens is 421 g/mol. The average molecular weight is 443 g/mol. The predicted octanol–water partition coefficient (Wildman–Crippen LogP) is 4.33. The molecule has 0 unspecified atom stereocenters. The normalized spacial score (nSPS) is 15.2. The molecule has 30 heavy (non-hydrogen) atoms. The van der Waals surface area contributed by atoms with Crippen molar-refractivity contribution in [1.29, 1.82) is 0 Å². The van der Waals surface area contributed by atoms with Crippen LogP contribution in [0.15, 0.2) is 36.4 Å². The van der Waals surface area contributed by atoms with E-state index in [9.17, 15) is 18.0 Å². The minimum atomic E-state index is -4.36. The molecule has 1 saturated heterocycles. The number of rotatable bonds is 5. The largest absolute Gasteiger partial charge is 0.493 e. The third-order valence-electron chi connectivity index (χ3n) is 5.00. The number of methoxy groups -OCH3 is 2. The molecule has 5 nitrogen and oxygen atoms in total. The fourth-order valence-electron chi connectivity index (χ4n) is 3.44. The molecule has 2 aromatic carbocycles. The van der Waals surface area contributed by atoms with Crippen molar-refractivity contribution in [2.45, 2.75) is 12.7 Å². The van der Waals surface area contributed by atoms with Gasteiger partial charge in [-0.25, -0.2) is 0 Å². The summed E-state index contributed by atoms with van der Waals surface area (Å²) < 4.78 is 49.1. The number of hydrogen-bond acceptors (Lipinski definition) is 4. The van der Waals surface area contributed by atoms with Gasteiger partial charge in [-0.3, -0.25) is 9.69 Å². The van der Waals surface area contributed by atoms with Gasteiger partial charge in [0.05, 0.1) is 24.8 Å². The van der Waals surface area contributed by atoms with Crippen molar-refractivity contribution in [2.24, 2.45) is 0 Å². The Hall–Kier alpha value is -2.45. The van der Waals surface area contributed by atoms with Crippen LogP contribution in [-0.2, 0) is 12.7 Å². The summed E-state index contributed by atoms with van der Waals surface area (Å²) in [6, 6.07) is 8.46. The van der Waals surface area contributed by atoms with E-state index in [1.54, 1.807) is 23.1 Å². The number of ether oxygens (including phenoxy) is 2. The Bertz CT molecular complexity index is 913. The molecular formula is C21H22ClF3N2O3. The Morgan fingerprint density at radius 1 is 1.07 bits per heavy atom. The topological polar surface area (TPSA) is 42.0 Å². The van der Waals surface area contributed by atoms with E-state index in [1.807, 2.05) is 4.90 Å². The number of halogens is 4. The zero-order valence-corrected chi connectivity index (χ0v) is 17.4. The van der Waals surface area contributed by atoms with E-state index in [0.717, 1.165) is 6.07 Å². The molecule has 162 valence electrons. The third kappa shape index (κ3) is 4.99. The van der Waals surface area contributed by atoms with Crippen molar-refractivity contribution in [3.8, 4) is 11.5 Å². The molecule has 1 aliphatic heterocycles. The number of amides is 1. The minimum Gasteiger partial charge on any atom is -0.493 e. The van der Waals surface area contributed by atoms with Gasteiger partial charge in [0.25, 0.3) is 5.91 Å². The van der Waals surface area contributed by atoms with Crippen LogP contribution in [0.4, 0.5) is 13.2 Å². The van der Waals surface area contributed by atoms with Gasteiger partial charge in [0, 0.05) is 38.3 Å². The van der Waals surface area contributed by atoms with Crippen molar-refractivity contribution in [1.82, 2.24) is 9.80 Å². The van der Waals surface area contributed by atoms with Gasteiger partial charge in [-0.1, -0.05) is 29.8 Å². The van der Waals surface area contributed by atoms with Gasteiger partial charge in [-0.05, 0) is 23.8 Å². The van der Waals surface area contributed by atoms with E-state index in [2.05, 4.69) is 0 Å². The summed E-state index contributed by atoms with van der Waals surface area (Å²) in [6.07, 6.45) is -4.36. The lowest BCUT2D eigenvalue weighted by Crippen LogP contribution is -2.48. The van der Waals surface area contributed by atoms with E-state index in [0.29, 0.717) is 55.3 Å². The number of carbonyl (C=O) groups is 1. The highest BCUT2D eigenvalue weighted by Gasteiger charge is 2.30. The second-order valence-corrected chi connectivity index (χ2v) is 7.37. The number of nitrogens with zero attached hydrogens (tertiary/aromatic N) is 2. The first-order chi connectivity index (χ1) is 14.2. The Labute approximate surface area is 177 Å². The highest BCUT2D eigenvalue weighted by atomic mass is 35.5. The summed E-state index contributed by atoms with van der Waals surface area (Å²) in [5.41, 5.74) is 0.333. The molecule has 0 N–H and O–H groups in total. The van der Waals surface area contributed by atoms with Crippen LogP contribution in [0.3, 0.4) is 0 Å². The zero-order valence-electron chi connectivity index (χ0n) is 16.6. The zero-order chi connectivity index (χ0) is 21.9. The van der Waals surface area contributed by atoms with Crippen LogP contribution in [0.2, 0.25) is 5.02 Å². The highest BCUT2D eigenvalue weighted by Crippen LogP contribution is 2.36. The van der Waals surface area contributed by atoms with Crippen LogP contribution < -0.4 is 9.47 Å². The molecule has 3 rings (SSSR count). The van der Waals surface area contributed by atoms with Gasteiger partial charge in [-0.15, -0.1) is 0 Å². The minimum absolute atomic E-state index is 0.184. The summed E-state index contributed by atoms with van der Waals surface area (Å²) >= 11 is 6.19. The lowest BCUT2D eigenvalue weighted by molar-refractivity contribution is -0.137. The Balaban J connectivity index is 1.63. The van der Waals surface area contributed by atoms with Gasteiger partial charge in [0.15, 0.2) is 11.5 Å². The standard InChI is InChI=1S/C21H22ClF3N2O3/c1-29-18-12-15(11-17(22)19(18)30-2)20(28)27-8-6-26(7-9-27)13-14-4-3-5-16(10-14)21(23,24)25/h3-5,10-12H,6-9,13H2,1-2H3. The second kappa shape index (κ2) is 9.14. The molecule has 0 radical (unpaired) electrons. The molecule has 0 atom stereocenters. The lowest BCUT2D eigenvalue weighted by atomic mass is 10.1. The fourth-order valence-corrected chi connectivity index (χ4v) is 3.73. The molecule has 1 heterocycles. The van der Waals surface area contributed by atoms with Crippen molar-refractivity contribution >= 4 is 17.5 Å². The monoisotopic (exact) mass is 442 g/mol. The van der Waals surface area contributed by atoms with Crippen LogP contribution in [0.25, 0.3) is 0 Å². The number of carbonyl (C=O) groups excluding carboxylic acids is 1.